The van der Waals surface area contributed by atoms with Gasteiger partial charge in [-0.3, -0.25) is 10.1 Å². The van der Waals surface area contributed by atoms with E-state index in [2.05, 4.69) is 10.3 Å². The minimum Gasteiger partial charge on any atom is -0.472 e. The molecule has 2 heterocycles. The molecule has 0 aliphatic carbocycles. The number of carbonyl (C=O) groups excluding carboxylic acids is 1. The number of amides is 1. The highest BCUT2D eigenvalue weighted by molar-refractivity contribution is 7.19. The van der Waals surface area contributed by atoms with E-state index in [4.69, 9.17) is 4.42 Å². The molecule has 0 bridgehead atoms. The van der Waals surface area contributed by atoms with Gasteiger partial charge in [-0.05, 0) is 18.6 Å². The Kier molecular flexibility index (Phi) is 3.35. The second-order valence-corrected chi connectivity index (χ2v) is 5.26. The van der Waals surface area contributed by atoms with E-state index in [1.54, 1.807) is 6.07 Å². The number of nitrogens with zero attached hydrogens (tertiary/aromatic N) is 1. The summed E-state index contributed by atoms with van der Waals surface area (Å²) in [5, 5.41) is 3.37. The van der Waals surface area contributed by atoms with Crippen LogP contribution < -0.4 is 5.32 Å². The summed E-state index contributed by atoms with van der Waals surface area (Å²) >= 11 is 1.46. The van der Waals surface area contributed by atoms with E-state index in [9.17, 15) is 4.79 Å². The Morgan fingerprint density at radius 2 is 2.05 bits per heavy atom. The molecular weight excluding hydrogens is 272 g/mol. The highest BCUT2D eigenvalue weighted by atomic mass is 32.1. The first-order chi connectivity index (χ1) is 9.74. The third-order valence-electron chi connectivity index (χ3n) is 2.84. The maximum absolute atomic E-state index is 11.9. The molecule has 0 radical (unpaired) electrons. The van der Waals surface area contributed by atoms with Crippen molar-refractivity contribution in [2.75, 3.05) is 5.32 Å². The number of aromatic nitrogens is 1. The molecule has 0 fully saturated rings. The zero-order valence-corrected chi connectivity index (χ0v) is 11.6. The lowest BCUT2D eigenvalue weighted by Gasteiger charge is -1.97. The normalized spacial score (nSPS) is 10.4. The van der Waals surface area contributed by atoms with Crippen LogP contribution in [0, 0.1) is 6.92 Å². The minimum absolute atomic E-state index is 0.216. The lowest BCUT2D eigenvalue weighted by Crippen LogP contribution is -2.10. The monoisotopic (exact) mass is 284 g/mol. The molecule has 1 aromatic carbocycles. The Labute approximate surface area is 120 Å². The molecular formula is C15H12N2O2S. The van der Waals surface area contributed by atoms with Gasteiger partial charge in [-0.25, -0.2) is 4.98 Å². The van der Waals surface area contributed by atoms with Crippen molar-refractivity contribution in [1.82, 2.24) is 4.98 Å². The van der Waals surface area contributed by atoms with Crippen LogP contribution in [-0.4, -0.2) is 10.9 Å². The lowest BCUT2D eigenvalue weighted by atomic mass is 10.2. The summed E-state index contributed by atoms with van der Waals surface area (Å²) in [6.07, 6.45) is 2.88. The van der Waals surface area contributed by atoms with Gasteiger partial charge in [-0.1, -0.05) is 41.7 Å². The number of aryl methyl sites for hydroxylation is 1. The Morgan fingerprint density at radius 1 is 1.25 bits per heavy atom. The smallest absolute Gasteiger partial charge is 0.260 e. The van der Waals surface area contributed by atoms with Gasteiger partial charge in [0.1, 0.15) is 6.26 Å². The van der Waals surface area contributed by atoms with Gasteiger partial charge in [0.15, 0.2) is 5.13 Å². The zero-order valence-electron chi connectivity index (χ0n) is 10.8. The van der Waals surface area contributed by atoms with Crippen molar-refractivity contribution in [3.8, 4) is 10.4 Å². The Hall–Kier alpha value is -2.40. The summed E-state index contributed by atoms with van der Waals surface area (Å²) in [6.45, 7) is 1.94. The van der Waals surface area contributed by atoms with E-state index in [1.807, 2.05) is 37.3 Å². The van der Waals surface area contributed by atoms with Crippen LogP contribution in [0.25, 0.3) is 10.4 Å². The third-order valence-corrected chi connectivity index (χ3v) is 3.96. The average Bonchev–Trinajstić information content (AvgIpc) is 3.09. The fraction of sp³-hybridized carbons (Fsp3) is 0.0667. The van der Waals surface area contributed by atoms with Gasteiger partial charge in [0.05, 0.1) is 22.4 Å². The van der Waals surface area contributed by atoms with Crippen LogP contribution in [-0.2, 0) is 0 Å². The predicted molar refractivity (Wildman–Crippen MR) is 78.9 cm³/mol. The van der Waals surface area contributed by atoms with Gasteiger partial charge < -0.3 is 4.42 Å². The lowest BCUT2D eigenvalue weighted by molar-refractivity contribution is 0.102. The summed E-state index contributed by atoms with van der Waals surface area (Å²) in [6, 6.07) is 11.6. The molecule has 0 atom stereocenters. The van der Waals surface area contributed by atoms with E-state index in [0.29, 0.717) is 10.7 Å². The van der Waals surface area contributed by atoms with Crippen molar-refractivity contribution < 1.29 is 9.21 Å². The van der Waals surface area contributed by atoms with Gasteiger partial charge in [-0.2, -0.15) is 0 Å². The van der Waals surface area contributed by atoms with Crippen LogP contribution in [0.2, 0.25) is 0 Å². The average molecular weight is 284 g/mol. The van der Waals surface area contributed by atoms with Gasteiger partial charge in [0.25, 0.3) is 5.91 Å². The second-order valence-electron chi connectivity index (χ2n) is 4.27. The number of carbonyl (C=O) groups is 1. The van der Waals surface area contributed by atoms with Gasteiger partial charge >= 0.3 is 0 Å². The first kappa shape index (κ1) is 12.6. The van der Waals surface area contributed by atoms with Crippen molar-refractivity contribution in [2.45, 2.75) is 6.92 Å². The summed E-state index contributed by atoms with van der Waals surface area (Å²) in [5.74, 6) is -0.216. The Bertz CT molecular complexity index is 718. The van der Waals surface area contributed by atoms with Crippen molar-refractivity contribution in [3.63, 3.8) is 0 Å². The van der Waals surface area contributed by atoms with E-state index < -0.39 is 0 Å². The summed E-state index contributed by atoms with van der Waals surface area (Å²) in [5.41, 5.74) is 2.49. The molecule has 20 heavy (non-hydrogen) atoms. The largest absolute Gasteiger partial charge is 0.472 e. The number of nitrogens with one attached hydrogen (secondary N) is 1. The number of benzene rings is 1. The van der Waals surface area contributed by atoms with Gasteiger partial charge in [0, 0.05) is 0 Å². The van der Waals surface area contributed by atoms with Crippen molar-refractivity contribution in [3.05, 3.63) is 60.2 Å². The first-order valence-corrected chi connectivity index (χ1v) is 6.92. The molecule has 3 aromatic rings. The molecule has 0 spiro atoms. The second kappa shape index (κ2) is 5.30. The molecule has 3 rings (SSSR count). The van der Waals surface area contributed by atoms with E-state index >= 15 is 0 Å². The predicted octanol–water partition coefficient (Wildman–Crippen LogP) is 3.96. The SMILES string of the molecule is Cc1nc(NC(=O)c2ccoc2)sc1-c1ccccc1. The molecule has 0 aliphatic heterocycles. The number of rotatable bonds is 3. The molecule has 0 unspecified atom stereocenters. The highest BCUT2D eigenvalue weighted by Crippen LogP contribution is 2.32. The molecule has 100 valence electrons. The van der Waals surface area contributed by atoms with Crippen LogP contribution in [0.5, 0.6) is 0 Å². The third kappa shape index (κ3) is 2.48. The van der Waals surface area contributed by atoms with Crippen LogP contribution in [0.1, 0.15) is 16.1 Å². The van der Waals surface area contributed by atoms with Crippen molar-refractivity contribution in [2.24, 2.45) is 0 Å². The molecule has 5 heteroatoms. The van der Waals surface area contributed by atoms with E-state index in [1.165, 1.54) is 23.9 Å². The molecule has 2 aromatic heterocycles. The summed E-state index contributed by atoms with van der Waals surface area (Å²) in [7, 11) is 0. The fourth-order valence-corrected chi connectivity index (χ4v) is 2.84. The topological polar surface area (TPSA) is 55.1 Å². The maximum Gasteiger partial charge on any atom is 0.260 e. The van der Waals surface area contributed by atoms with Crippen molar-refractivity contribution >= 4 is 22.4 Å². The standard InChI is InChI=1S/C15H12N2O2S/c1-10-13(11-5-3-2-4-6-11)20-15(16-10)17-14(18)12-7-8-19-9-12/h2-9H,1H3,(H,16,17,18). The Balaban J connectivity index is 1.85. The summed E-state index contributed by atoms with van der Waals surface area (Å²) in [4.78, 5) is 17.4. The number of hydrogen-bond acceptors (Lipinski definition) is 4. The quantitative estimate of drug-likeness (QED) is 0.792. The molecule has 4 nitrogen and oxygen atoms in total. The van der Waals surface area contributed by atoms with Gasteiger partial charge in [0.2, 0.25) is 0 Å². The number of hydrogen-bond donors (Lipinski definition) is 1. The Morgan fingerprint density at radius 3 is 2.75 bits per heavy atom. The summed E-state index contributed by atoms with van der Waals surface area (Å²) < 4.78 is 4.89. The number of thiazole rings is 1. The van der Waals surface area contributed by atoms with E-state index in [-0.39, 0.29) is 5.91 Å². The van der Waals surface area contributed by atoms with Crippen molar-refractivity contribution in [1.29, 1.82) is 0 Å². The zero-order chi connectivity index (χ0) is 13.9. The van der Waals surface area contributed by atoms with Crippen LogP contribution in [0.15, 0.2) is 53.3 Å². The molecule has 1 N–H and O–H groups in total. The van der Waals surface area contributed by atoms with Crippen LogP contribution >= 0.6 is 11.3 Å². The number of furan rings is 1. The first-order valence-electron chi connectivity index (χ1n) is 6.10. The van der Waals surface area contributed by atoms with Gasteiger partial charge in [-0.15, -0.1) is 0 Å². The van der Waals surface area contributed by atoms with Crippen LogP contribution in [0.4, 0.5) is 5.13 Å². The van der Waals surface area contributed by atoms with E-state index in [0.717, 1.165) is 16.1 Å². The van der Waals surface area contributed by atoms with Crippen LogP contribution in [0.3, 0.4) is 0 Å². The maximum atomic E-state index is 11.9. The molecule has 1 amide bonds. The molecule has 0 aliphatic rings. The minimum atomic E-state index is -0.216. The molecule has 0 saturated carbocycles. The number of anilines is 1. The fourth-order valence-electron chi connectivity index (χ4n) is 1.87. The molecule has 0 saturated heterocycles. The highest BCUT2D eigenvalue weighted by Gasteiger charge is 2.13.